The summed E-state index contributed by atoms with van der Waals surface area (Å²) in [7, 11) is -2.29. The Kier molecular flexibility index (Phi) is 6.73. The summed E-state index contributed by atoms with van der Waals surface area (Å²) in [5, 5.41) is 2.61. The monoisotopic (exact) mass is 398 g/mol. The Morgan fingerprint density at radius 1 is 1.11 bits per heavy atom. The van der Waals surface area contributed by atoms with Gasteiger partial charge in [-0.15, -0.1) is 0 Å². The Hall–Kier alpha value is -2.68. The van der Waals surface area contributed by atoms with E-state index < -0.39 is 34.1 Å². The second-order valence-electron chi connectivity index (χ2n) is 5.82. The van der Waals surface area contributed by atoms with Gasteiger partial charge in [-0.3, -0.25) is 9.10 Å². The first-order valence-corrected chi connectivity index (χ1v) is 9.88. The molecule has 1 N–H and O–H groups in total. The van der Waals surface area contributed by atoms with Crippen molar-refractivity contribution in [3.63, 3.8) is 0 Å². The van der Waals surface area contributed by atoms with Crippen LogP contribution in [-0.2, 0) is 21.2 Å². The summed E-state index contributed by atoms with van der Waals surface area (Å²) in [5.41, 5.74) is 0.846. The van der Waals surface area contributed by atoms with E-state index in [0.29, 0.717) is 13.0 Å². The first-order chi connectivity index (χ1) is 12.7. The fraction of sp³-hybridized carbons (Fsp3) is 0.278. The number of carbonyl (C=O) groups excluding carboxylic acids is 1. The normalized spacial score (nSPS) is 11.1. The third-order valence-corrected chi connectivity index (χ3v) is 4.91. The van der Waals surface area contributed by atoms with Crippen molar-refractivity contribution in [3.8, 4) is 5.75 Å². The lowest BCUT2D eigenvalue weighted by Gasteiger charge is -2.22. The van der Waals surface area contributed by atoms with Crippen LogP contribution < -0.4 is 14.4 Å². The van der Waals surface area contributed by atoms with Crippen LogP contribution in [0.3, 0.4) is 0 Å². The van der Waals surface area contributed by atoms with E-state index in [-0.39, 0.29) is 5.69 Å². The van der Waals surface area contributed by atoms with E-state index >= 15 is 0 Å². The summed E-state index contributed by atoms with van der Waals surface area (Å²) in [4.78, 5) is 12.1. The van der Waals surface area contributed by atoms with Crippen LogP contribution in [0.1, 0.15) is 5.56 Å². The van der Waals surface area contributed by atoms with E-state index in [2.05, 4.69) is 5.32 Å². The summed E-state index contributed by atoms with van der Waals surface area (Å²) in [5.74, 6) is -2.13. The smallest absolute Gasteiger partial charge is 0.240 e. The second-order valence-corrected chi connectivity index (χ2v) is 7.72. The maximum atomic E-state index is 13.4. The molecule has 0 aromatic heterocycles. The largest absolute Gasteiger partial charge is 0.497 e. The summed E-state index contributed by atoms with van der Waals surface area (Å²) >= 11 is 0. The lowest BCUT2D eigenvalue weighted by atomic mass is 10.1. The Balaban J connectivity index is 1.98. The maximum Gasteiger partial charge on any atom is 0.240 e. The summed E-state index contributed by atoms with van der Waals surface area (Å²) in [6.07, 6.45) is 1.43. The molecule has 27 heavy (non-hydrogen) atoms. The average molecular weight is 398 g/mol. The molecule has 0 bridgehead atoms. The topological polar surface area (TPSA) is 75.7 Å². The summed E-state index contributed by atoms with van der Waals surface area (Å²) in [6.45, 7) is -0.243. The van der Waals surface area contributed by atoms with Crippen molar-refractivity contribution in [2.24, 2.45) is 0 Å². The molecule has 0 unspecified atom stereocenters. The van der Waals surface area contributed by atoms with Crippen LogP contribution in [0, 0.1) is 11.6 Å². The Labute approximate surface area is 156 Å². The summed E-state index contributed by atoms with van der Waals surface area (Å²) in [6, 6.07) is 9.96. The van der Waals surface area contributed by atoms with E-state index in [1.165, 1.54) is 0 Å². The lowest BCUT2D eigenvalue weighted by Crippen LogP contribution is -2.41. The molecule has 2 aromatic carbocycles. The van der Waals surface area contributed by atoms with E-state index in [9.17, 15) is 22.0 Å². The summed E-state index contributed by atoms with van der Waals surface area (Å²) < 4.78 is 56.1. The van der Waals surface area contributed by atoms with Gasteiger partial charge in [-0.2, -0.15) is 0 Å². The SMILES string of the molecule is COc1ccc(CCNC(=O)CN(c2ccc(F)c(F)c2)S(C)(=O)=O)cc1. The molecule has 0 atom stereocenters. The number of anilines is 1. The average Bonchev–Trinajstić information content (AvgIpc) is 2.62. The molecule has 0 heterocycles. The van der Waals surface area contributed by atoms with Crippen molar-refractivity contribution in [1.29, 1.82) is 0 Å². The Bertz CT molecular complexity index is 902. The number of benzene rings is 2. The first-order valence-electron chi connectivity index (χ1n) is 8.03. The van der Waals surface area contributed by atoms with Gasteiger partial charge in [0, 0.05) is 12.6 Å². The van der Waals surface area contributed by atoms with Gasteiger partial charge in [-0.25, -0.2) is 17.2 Å². The number of nitrogens with zero attached hydrogens (tertiary/aromatic N) is 1. The third kappa shape index (κ3) is 5.92. The molecule has 0 radical (unpaired) electrons. The van der Waals surface area contributed by atoms with Crippen molar-refractivity contribution < 1.29 is 26.7 Å². The fourth-order valence-electron chi connectivity index (χ4n) is 2.36. The number of amides is 1. The zero-order valence-corrected chi connectivity index (χ0v) is 15.7. The number of halogens is 2. The number of nitrogens with one attached hydrogen (secondary N) is 1. The van der Waals surface area contributed by atoms with Crippen LogP contribution in [-0.4, -0.2) is 40.8 Å². The highest BCUT2D eigenvalue weighted by atomic mass is 32.2. The van der Waals surface area contributed by atoms with Gasteiger partial charge >= 0.3 is 0 Å². The zero-order valence-electron chi connectivity index (χ0n) is 14.9. The predicted molar refractivity (Wildman–Crippen MR) is 98.3 cm³/mol. The van der Waals surface area contributed by atoms with Gasteiger partial charge in [0.25, 0.3) is 0 Å². The molecule has 9 heteroatoms. The van der Waals surface area contributed by atoms with Crippen LogP contribution >= 0.6 is 0 Å². The molecule has 0 saturated carbocycles. The van der Waals surface area contributed by atoms with Crippen LogP contribution in [0.5, 0.6) is 5.75 Å². The van der Waals surface area contributed by atoms with E-state index in [1.807, 2.05) is 12.1 Å². The molecule has 0 aliphatic heterocycles. The fourth-order valence-corrected chi connectivity index (χ4v) is 3.21. The van der Waals surface area contributed by atoms with Crippen LogP contribution in [0.2, 0.25) is 0 Å². The van der Waals surface area contributed by atoms with Crippen molar-refractivity contribution >= 4 is 21.6 Å². The second kappa shape index (κ2) is 8.81. The van der Waals surface area contributed by atoms with Gasteiger partial charge in [0.05, 0.1) is 19.1 Å². The molecule has 2 rings (SSSR count). The number of rotatable bonds is 8. The van der Waals surface area contributed by atoms with Crippen molar-refractivity contribution in [2.75, 3.05) is 30.8 Å². The molecule has 6 nitrogen and oxygen atoms in total. The number of carbonyl (C=O) groups is 1. The highest BCUT2D eigenvalue weighted by molar-refractivity contribution is 7.92. The van der Waals surface area contributed by atoms with Gasteiger partial charge in [-0.1, -0.05) is 12.1 Å². The van der Waals surface area contributed by atoms with Crippen LogP contribution in [0.25, 0.3) is 0 Å². The minimum atomic E-state index is -3.86. The predicted octanol–water partition coefficient (Wildman–Crippen LogP) is 2.10. The Morgan fingerprint density at radius 2 is 1.78 bits per heavy atom. The van der Waals surface area contributed by atoms with Crippen molar-refractivity contribution in [3.05, 3.63) is 59.7 Å². The van der Waals surface area contributed by atoms with Crippen molar-refractivity contribution in [2.45, 2.75) is 6.42 Å². The van der Waals surface area contributed by atoms with Crippen LogP contribution in [0.15, 0.2) is 42.5 Å². The van der Waals surface area contributed by atoms with Gasteiger partial charge in [-0.05, 0) is 36.2 Å². The molecule has 0 spiro atoms. The molecule has 146 valence electrons. The van der Waals surface area contributed by atoms with Crippen molar-refractivity contribution in [1.82, 2.24) is 5.32 Å². The lowest BCUT2D eigenvalue weighted by molar-refractivity contribution is -0.119. The molecule has 0 aliphatic carbocycles. The molecule has 0 fully saturated rings. The molecular weight excluding hydrogens is 378 g/mol. The Morgan fingerprint density at radius 3 is 2.33 bits per heavy atom. The number of sulfonamides is 1. The number of methoxy groups -OCH3 is 1. The zero-order chi connectivity index (χ0) is 20.0. The molecular formula is C18H20F2N2O4S. The van der Waals surface area contributed by atoms with Gasteiger partial charge in [0.1, 0.15) is 12.3 Å². The molecule has 0 saturated heterocycles. The minimum absolute atomic E-state index is 0.123. The quantitative estimate of drug-likeness (QED) is 0.739. The highest BCUT2D eigenvalue weighted by Crippen LogP contribution is 2.20. The molecule has 0 aliphatic rings. The number of ether oxygens (including phenoxy) is 1. The van der Waals surface area contributed by atoms with Gasteiger partial charge in [0.2, 0.25) is 15.9 Å². The van der Waals surface area contributed by atoms with Gasteiger partial charge in [0.15, 0.2) is 11.6 Å². The molecule has 1 amide bonds. The molecule has 2 aromatic rings. The van der Waals surface area contributed by atoms with Crippen LogP contribution in [0.4, 0.5) is 14.5 Å². The minimum Gasteiger partial charge on any atom is -0.497 e. The van der Waals surface area contributed by atoms with Gasteiger partial charge < -0.3 is 10.1 Å². The third-order valence-electron chi connectivity index (χ3n) is 3.77. The standard InChI is InChI=1S/C18H20F2N2O4S/c1-26-15-6-3-13(4-7-15)9-10-21-18(23)12-22(27(2,24)25)14-5-8-16(19)17(20)11-14/h3-8,11H,9-10,12H2,1-2H3,(H,21,23). The van der Waals surface area contributed by atoms with E-state index in [0.717, 1.165) is 40.1 Å². The maximum absolute atomic E-state index is 13.4. The van der Waals surface area contributed by atoms with E-state index in [1.54, 1.807) is 19.2 Å². The van der Waals surface area contributed by atoms with E-state index in [4.69, 9.17) is 4.74 Å². The first kappa shape index (κ1) is 20.6. The number of hydrogen-bond acceptors (Lipinski definition) is 4. The number of hydrogen-bond donors (Lipinski definition) is 1. The highest BCUT2D eigenvalue weighted by Gasteiger charge is 2.21.